The van der Waals surface area contributed by atoms with Crippen LogP contribution in [0.4, 0.5) is 0 Å². The van der Waals surface area contributed by atoms with Gasteiger partial charge in [-0.15, -0.1) is 0 Å². The molecule has 0 saturated carbocycles. The Kier molecular flexibility index (Phi) is 2.54. The fourth-order valence-corrected chi connectivity index (χ4v) is 1.21. The molecule has 0 bridgehead atoms. The number of hydrogen-bond donors (Lipinski definition) is 0. The average Bonchev–Trinajstić information content (AvgIpc) is 3.03. The first-order valence-corrected chi connectivity index (χ1v) is 4.58. The number of carbonyl (C=O) groups is 1. The number of hydrogen-bond acceptors (Lipinski definition) is 3. The van der Waals surface area contributed by atoms with Crippen molar-refractivity contribution in [3.05, 3.63) is 42.5 Å². The molecule has 0 N–H and O–H groups in total. The van der Waals surface area contributed by atoms with E-state index < -0.39 is 5.97 Å². The minimum Gasteiger partial charge on any atom is -0.458 e. The van der Waals surface area contributed by atoms with E-state index in [1.807, 2.05) is 24.3 Å². The zero-order chi connectivity index (χ0) is 10.7. The highest BCUT2D eigenvalue weighted by molar-refractivity contribution is 5.81. The Balaban J connectivity index is 1.88. The van der Waals surface area contributed by atoms with Crippen molar-refractivity contribution in [1.82, 2.24) is 0 Å². The van der Waals surface area contributed by atoms with Crippen LogP contribution in [0.1, 0.15) is 5.56 Å². The van der Waals surface area contributed by atoms with E-state index in [1.54, 1.807) is 6.08 Å². The molecular weight excluding hydrogens is 192 g/mol. The summed E-state index contributed by atoms with van der Waals surface area (Å²) in [5, 5.41) is 0. The van der Waals surface area contributed by atoms with Gasteiger partial charge in [0.2, 0.25) is 0 Å². The topological polar surface area (TPSA) is 38.8 Å². The Morgan fingerprint density at radius 1 is 1.53 bits per heavy atom. The van der Waals surface area contributed by atoms with Gasteiger partial charge < -0.3 is 9.47 Å². The van der Waals surface area contributed by atoms with E-state index >= 15 is 0 Å². The van der Waals surface area contributed by atoms with E-state index in [0.29, 0.717) is 0 Å². The summed E-state index contributed by atoms with van der Waals surface area (Å²) in [5.41, 5.74) is 1.00. The van der Waals surface area contributed by atoms with Crippen molar-refractivity contribution in [2.75, 3.05) is 6.61 Å². The first-order chi connectivity index (χ1) is 7.31. The van der Waals surface area contributed by atoms with Gasteiger partial charge in [0.1, 0.15) is 6.61 Å². The second kappa shape index (κ2) is 4.00. The van der Waals surface area contributed by atoms with Gasteiger partial charge in [-0.2, -0.15) is 0 Å². The second-order valence-corrected chi connectivity index (χ2v) is 3.01. The van der Waals surface area contributed by atoms with Crippen molar-refractivity contribution in [2.45, 2.75) is 0 Å². The zero-order valence-corrected chi connectivity index (χ0v) is 8.10. The molecule has 0 atom stereocenters. The average molecular weight is 202 g/mol. The number of rotatable bonds is 4. The molecule has 15 heavy (non-hydrogen) atoms. The van der Waals surface area contributed by atoms with Gasteiger partial charge >= 0.3 is 5.97 Å². The molecule has 1 aromatic rings. The molecular formula is C12H10O3. The summed E-state index contributed by atoms with van der Waals surface area (Å²) in [5.74, 6) is 1.41. The van der Waals surface area contributed by atoms with Crippen molar-refractivity contribution in [2.24, 2.45) is 0 Å². The first kappa shape index (κ1) is 9.52. The van der Waals surface area contributed by atoms with Gasteiger partial charge in [0.05, 0.1) is 0 Å². The summed E-state index contributed by atoms with van der Waals surface area (Å²) < 4.78 is 9.98. The number of esters is 1. The highest BCUT2D eigenvalue weighted by atomic mass is 16.6. The van der Waals surface area contributed by atoms with Crippen molar-refractivity contribution >= 4 is 12.0 Å². The van der Waals surface area contributed by atoms with Crippen LogP contribution in [0.15, 0.2) is 36.9 Å². The molecule has 3 nitrogen and oxygen atoms in total. The smallest absolute Gasteiger partial charge is 0.330 e. The predicted octanol–water partition coefficient (Wildman–Crippen LogP) is 2.53. The highest BCUT2D eigenvalue weighted by Gasteiger charge is 2.21. The van der Waals surface area contributed by atoms with Crippen molar-refractivity contribution < 1.29 is 14.3 Å². The summed E-state index contributed by atoms with van der Waals surface area (Å²) in [6.45, 7) is 3.55. The molecule has 0 fully saturated rings. The summed E-state index contributed by atoms with van der Waals surface area (Å²) in [6, 6.07) is 5.77. The molecule has 76 valence electrons. The van der Waals surface area contributed by atoms with Gasteiger partial charge in [0, 0.05) is 11.6 Å². The lowest BCUT2D eigenvalue weighted by Crippen LogP contribution is -1.98. The van der Waals surface area contributed by atoms with Crippen LogP contribution in [0, 0.1) is 0 Å². The van der Waals surface area contributed by atoms with Crippen LogP contribution in [0.25, 0.3) is 6.08 Å². The SMILES string of the molecule is C=CC(=O)OC/C=C/c1cccc2c1O2. The lowest BCUT2D eigenvalue weighted by molar-refractivity contribution is -0.136. The largest absolute Gasteiger partial charge is 0.458 e. The molecule has 0 spiro atoms. The maximum Gasteiger partial charge on any atom is 0.330 e. The maximum absolute atomic E-state index is 10.7. The molecule has 0 amide bonds. The summed E-state index contributed by atoms with van der Waals surface area (Å²) in [6.07, 6.45) is 4.77. The molecule has 0 saturated heterocycles. The molecule has 0 aliphatic carbocycles. The molecule has 1 heterocycles. The van der Waals surface area contributed by atoms with E-state index in [0.717, 1.165) is 23.1 Å². The van der Waals surface area contributed by atoms with Gasteiger partial charge in [-0.1, -0.05) is 24.8 Å². The Morgan fingerprint density at radius 3 is 3.20 bits per heavy atom. The van der Waals surface area contributed by atoms with Crippen LogP contribution in [-0.2, 0) is 9.53 Å². The zero-order valence-electron chi connectivity index (χ0n) is 8.10. The van der Waals surface area contributed by atoms with Crippen molar-refractivity contribution in [3.8, 4) is 11.5 Å². The summed E-state index contributed by atoms with van der Waals surface area (Å²) >= 11 is 0. The van der Waals surface area contributed by atoms with E-state index in [4.69, 9.17) is 9.47 Å². The second-order valence-electron chi connectivity index (χ2n) is 3.01. The maximum atomic E-state index is 10.7. The number of benzene rings is 1. The minimum absolute atomic E-state index is 0.245. The quantitative estimate of drug-likeness (QED) is 0.434. The molecule has 0 unspecified atom stereocenters. The molecule has 1 aliphatic rings. The van der Waals surface area contributed by atoms with Crippen LogP contribution in [0.3, 0.4) is 0 Å². The molecule has 3 heteroatoms. The fourth-order valence-electron chi connectivity index (χ4n) is 1.21. The van der Waals surface area contributed by atoms with Crippen LogP contribution >= 0.6 is 0 Å². The first-order valence-electron chi connectivity index (χ1n) is 4.58. The van der Waals surface area contributed by atoms with E-state index in [-0.39, 0.29) is 6.61 Å². The van der Waals surface area contributed by atoms with Crippen molar-refractivity contribution in [1.29, 1.82) is 0 Å². The number of ether oxygens (including phenoxy) is 2. The van der Waals surface area contributed by atoms with Crippen LogP contribution in [-0.4, -0.2) is 12.6 Å². The third kappa shape index (κ3) is 2.26. The van der Waals surface area contributed by atoms with E-state index in [1.165, 1.54) is 0 Å². The Hall–Kier alpha value is -2.03. The highest BCUT2D eigenvalue weighted by Crippen LogP contribution is 2.48. The van der Waals surface area contributed by atoms with Crippen LogP contribution in [0.5, 0.6) is 11.5 Å². The number of carbonyl (C=O) groups excluding carboxylic acids is 1. The minimum atomic E-state index is -0.417. The molecule has 2 rings (SSSR count). The summed E-state index contributed by atoms with van der Waals surface area (Å²) in [7, 11) is 0. The van der Waals surface area contributed by atoms with Gasteiger partial charge in [-0.25, -0.2) is 4.79 Å². The van der Waals surface area contributed by atoms with Crippen molar-refractivity contribution in [3.63, 3.8) is 0 Å². The van der Waals surface area contributed by atoms with Crippen LogP contribution < -0.4 is 4.74 Å². The molecule has 1 aliphatic heterocycles. The van der Waals surface area contributed by atoms with Crippen LogP contribution in [0.2, 0.25) is 0 Å². The molecule has 0 aromatic heterocycles. The fraction of sp³-hybridized carbons (Fsp3) is 0.0833. The van der Waals surface area contributed by atoms with Gasteiger partial charge in [-0.05, 0) is 12.1 Å². The van der Waals surface area contributed by atoms with Gasteiger partial charge in [0.15, 0.2) is 11.5 Å². The van der Waals surface area contributed by atoms with Gasteiger partial charge in [0.25, 0.3) is 0 Å². The number of para-hydroxylation sites is 1. The van der Waals surface area contributed by atoms with E-state index in [9.17, 15) is 4.79 Å². The Bertz CT molecular complexity index is 432. The molecule has 1 aromatic carbocycles. The summed E-state index contributed by atoms with van der Waals surface area (Å²) in [4.78, 5) is 10.7. The standard InChI is InChI=1S/C12H10O3/c1-2-11(13)14-8-4-6-9-5-3-7-10-12(9)15-10/h2-7H,1,8H2/b6-4+. The molecule has 0 radical (unpaired) electrons. The predicted molar refractivity (Wildman–Crippen MR) is 56.7 cm³/mol. The van der Waals surface area contributed by atoms with Gasteiger partial charge in [-0.3, -0.25) is 0 Å². The third-order valence-electron chi connectivity index (χ3n) is 1.97. The number of fused-ring (bicyclic) bond motifs is 1. The monoisotopic (exact) mass is 202 g/mol. The Labute approximate surface area is 87.6 Å². The third-order valence-corrected chi connectivity index (χ3v) is 1.97. The lowest BCUT2D eigenvalue weighted by Gasteiger charge is -1.94. The lowest BCUT2D eigenvalue weighted by atomic mass is 10.2. The Morgan fingerprint density at radius 2 is 2.40 bits per heavy atom. The normalized spacial score (nSPS) is 11.7. The van der Waals surface area contributed by atoms with E-state index in [2.05, 4.69) is 6.58 Å².